The number of benzene rings is 2. The van der Waals surface area contributed by atoms with Gasteiger partial charge in [-0.25, -0.2) is 9.59 Å². The number of aromatic amines is 1. The molecule has 0 bridgehead atoms. The van der Waals surface area contributed by atoms with Gasteiger partial charge in [0, 0.05) is 11.6 Å². The molecule has 1 amide bonds. The number of rotatable bonds is 6. The van der Waals surface area contributed by atoms with Crippen molar-refractivity contribution in [3.8, 4) is 0 Å². The van der Waals surface area contributed by atoms with Crippen LogP contribution in [0.3, 0.4) is 0 Å². The zero-order valence-electron chi connectivity index (χ0n) is 16.2. The highest BCUT2D eigenvalue weighted by atomic mass is 16.6. The van der Waals surface area contributed by atoms with Crippen LogP contribution < -0.4 is 10.9 Å². The molecule has 2 N–H and O–H groups in total. The zero-order chi connectivity index (χ0) is 20.8. The van der Waals surface area contributed by atoms with Crippen LogP contribution in [0.4, 0.5) is 4.79 Å². The Morgan fingerprint density at radius 2 is 1.79 bits per heavy atom. The van der Waals surface area contributed by atoms with Crippen LogP contribution in [0.2, 0.25) is 0 Å². The number of pyridine rings is 1. The molecule has 0 aliphatic heterocycles. The highest BCUT2D eigenvalue weighted by molar-refractivity contribution is 5.86. The smallest absolute Gasteiger partial charge is 0.408 e. The van der Waals surface area contributed by atoms with Gasteiger partial charge in [0.05, 0.1) is 6.10 Å². The average Bonchev–Trinajstić information content (AvgIpc) is 2.70. The monoisotopic (exact) mass is 394 g/mol. The number of alkyl carbamates (subject to hydrolysis) is 1. The van der Waals surface area contributed by atoms with Gasteiger partial charge in [-0.15, -0.1) is 0 Å². The lowest BCUT2D eigenvalue weighted by atomic mass is 10.0. The Morgan fingerprint density at radius 3 is 2.52 bits per heavy atom. The van der Waals surface area contributed by atoms with Crippen molar-refractivity contribution in [2.75, 3.05) is 0 Å². The molecule has 0 aliphatic rings. The fourth-order valence-electron chi connectivity index (χ4n) is 2.81. The average molecular weight is 394 g/mol. The van der Waals surface area contributed by atoms with Crippen molar-refractivity contribution in [2.45, 2.75) is 32.6 Å². The number of aromatic nitrogens is 1. The lowest BCUT2D eigenvalue weighted by Crippen LogP contribution is -2.36. The molecule has 0 saturated heterocycles. The van der Waals surface area contributed by atoms with E-state index in [0.717, 1.165) is 10.9 Å². The summed E-state index contributed by atoms with van der Waals surface area (Å²) in [5, 5.41) is 3.30. The molecular formula is C22H22N2O5. The first-order valence-corrected chi connectivity index (χ1v) is 9.23. The van der Waals surface area contributed by atoms with Crippen LogP contribution in [-0.2, 0) is 20.9 Å². The second-order valence-electron chi connectivity index (χ2n) is 6.79. The van der Waals surface area contributed by atoms with Crippen molar-refractivity contribution in [1.82, 2.24) is 10.3 Å². The van der Waals surface area contributed by atoms with Gasteiger partial charge < -0.3 is 19.8 Å². The van der Waals surface area contributed by atoms with Crippen LogP contribution >= 0.6 is 0 Å². The van der Waals surface area contributed by atoms with Crippen LogP contribution in [0.25, 0.3) is 10.9 Å². The van der Waals surface area contributed by atoms with E-state index in [1.807, 2.05) is 30.3 Å². The number of ether oxygens (including phenoxy) is 2. The Balaban J connectivity index is 1.80. The van der Waals surface area contributed by atoms with Gasteiger partial charge >= 0.3 is 12.1 Å². The molecule has 3 aromatic rings. The predicted molar refractivity (Wildman–Crippen MR) is 108 cm³/mol. The molecule has 1 atom stereocenters. The lowest BCUT2D eigenvalue weighted by Gasteiger charge is -2.20. The third kappa shape index (κ3) is 5.44. The maximum absolute atomic E-state index is 12.6. The van der Waals surface area contributed by atoms with E-state index in [4.69, 9.17) is 9.47 Å². The molecule has 150 valence electrons. The van der Waals surface area contributed by atoms with E-state index < -0.39 is 18.1 Å². The Kier molecular flexibility index (Phi) is 6.29. The van der Waals surface area contributed by atoms with E-state index in [2.05, 4.69) is 10.3 Å². The molecule has 29 heavy (non-hydrogen) atoms. The minimum absolute atomic E-state index is 0.0809. The van der Waals surface area contributed by atoms with Gasteiger partial charge in [-0.1, -0.05) is 36.4 Å². The van der Waals surface area contributed by atoms with E-state index in [1.54, 1.807) is 38.1 Å². The van der Waals surface area contributed by atoms with Crippen molar-refractivity contribution < 1.29 is 19.1 Å². The quantitative estimate of drug-likeness (QED) is 0.624. The molecule has 3 rings (SSSR count). The number of hydrogen-bond acceptors (Lipinski definition) is 5. The molecule has 1 heterocycles. The third-order valence-corrected chi connectivity index (χ3v) is 4.14. The number of fused-ring (bicyclic) bond motifs is 1. The summed E-state index contributed by atoms with van der Waals surface area (Å²) in [5.41, 5.74) is 1.76. The number of hydrogen-bond donors (Lipinski definition) is 2. The SMILES string of the molecule is CC(C)OC(=O)C(NC(=O)OCc1ccccc1)c1ccc2[nH]c(=O)ccc2c1. The Labute approximate surface area is 167 Å². The summed E-state index contributed by atoms with van der Waals surface area (Å²) in [6.45, 7) is 3.54. The highest BCUT2D eigenvalue weighted by Gasteiger charge is 2.26. The highest BCUT2D eigenvalue weighted by Crippen LogP contribution is 2.21. The molecule has 0 saturated carbocycles. The molecule has 2 aromatic carbocycles. The largest absolute Gasteiger partial charge is 0.461 e. The summed E-state index contributed by atoms with van der Waals surface area (Å²) in [5.74, 6) is -0.597. The van der Waals surface area contributed by atoms with Crippen LogP contribution in [0.15, 0.2) is 65.5 Å². The van der Waals surface area contributed by atoms with Gasteiger partial charge in [-0.05, 0) is 48.6 Å². The van der Waals surface area contributed by atoms with Gasteiger partial charge in [0.25, 0.3) is 0 Å². The topological polar surface area (TPSA) is 97.5 Å². The summed E-state index contributed by atoms with van der Waals surface area (Å²) < 4.78 is 10.5. The number of nitrogens with one attached hydrogen (secondary N) is 2. The van der Waals surface area contributed by atoms with E-state index >= 15 is 0 Å². The van der Waals surface area contributed by atoms with Gasteiger partial charge in [-0.2, -0.15) is 0 Å². The lowest BCUT2D eigenvalue weighted by molar-refractivity contribution is -0.150. The molecule has 1 aromatic heterocycles. The number of amides is 1. The van der Waals surface area contributed by atoms with Crippen LogP contribution in [0, 0.1) is 0 Å². The van der Waals surface area contributed by atoms with E-state index in [1.165, 1.54) is 6.07 Å². The summed E-state index contributed by atoms with van der Waals surface area (Å²) in [6.07, 6.45) is -1.08. The molecule has 0 aliphatic carbocycles. The minimum atomic E-state index is -1.04. The third-order valence-electron chi connectivity index (χ3n) is 4.14. The van der Waals surface area contributed by atoms with Crippen LogP contribution in [0.5, 0.6) is 0 Å². The van der Waals surface area contributed by atoms with Gasteiger partial charge in [-0.3, -0.25) is 4.79 Å². The van der Waals surface area contributed by atoms with Crippen LogP contribution in [0.1, 0.15) is 31.0 Å². The first-order valence-electron chi connectivity index (χ1n) is 9.23. The van der Waals surface area contributed by atoms with Crippen molar-refractivity contribution >= 4 is 23.0 Å². The first-order chi connectivity index (χ1) is 13.9. The van der Waals surface area contributed by atoms with E-state index in [-0.39, 0.29) is 18.3 Å². The molecular weight excluding hydrogens is 372 g/mol. The maximum atomic E-state index is 12.6. The van der Waals surface area contributed by atoms with Crippen molar-refractivity contribution in [2.24, 2.45) is 0 Å². The molecule has 7 heteroatoms. The molecule has 0 spiro atoms. The predicted octanol–water partition coefficient (Wildman–Crippen LogP) is 3.45. The van der Waals surface area contributed by atoms with Gasteiger partial charge in [0.15, 0.2) is 6.04 Å². The second-order valence-corrected chi connectivity index (χ2v) is 6.79. The van der Waals surface area contributed by atoms with Crippen molar-refractivity contribution in [1.29, 1.82) is 0 Å². The number of carbonyl (C=O) groups is 2. The Hall–Kier alpha value is -3.61. The normalized spacial score (nSPS) is 11.8. The first kappa shape index (κ1) is 20.1. The zero-order valence-corrected chi connectivity index (χ0v) is 16.2. The number of esters is 1. The van der Waals surface area contributed by atoms with E-state index in [0.29, 0.717) is 11.1 Å². The Morgan fingerprint density at radius 1 is 1.03 bits per heavy atom. The Bertz CT molecular complexity index is 1060. The maximum Gasteiger partial charge on any atom is 0.408 e. The van der Waals surface area contributed by atoms with Crippen molar-refractivity contribution in [3.05, 3.63) is 82.1 Å². The second kappa shape index (κ2) is 9.05. The molecule has 0 fully saturated rings. The van der Waals surface area contributed by atoms with Gasteiger partial charge in [0.2, 0.25) is 5.56 Å². The summed E-state index contributed by atoms with van der Waals surface area (Å²) in [7, 11) is 0. The van der Waals surface area contributed by atoms with E-state index in [9.17, 15) is 14.4 Å². The van der Waals surface area contributed by atoms with Crippen molar-refractivity contribution in [3.63, 3.8) is 0 Å². The summed E-state index contributed by atoms with van der Waals surface area (Å²) in [4.78, 5) is 39.1. The number of carbonyl (C=O) groups excluding carboxylic acids is 2. The molecule has 0 radical (unpaired) electrons. The minimum Gasteiger partial charge on any atom is -0.461 e. The fourth-order valence-corrected chi connectivity index (χ4v) is 2.81. The molecule has 1 unspecified atom stereocenters. The standard InChI is InChI=1S/C22H22N2O5/c1-14(2)29-21(26)20(24-22(27)28-13-15-6-4-3-5-7-15)17-8-10-18-16(12-17)9-11-19(25)23-18/h3-12,14,20H,13H2,1-2H3,(H,23,25)(H,24,27). The summed E-state index contributed by atoms with van der Waals surface area (Å²) >= 11 is 0. The van der Waals surface area contributed by atoms with Gasteiger partial charge in [0.1, 0.15) is 6.61 Å². The molecule has 7 nitrogen and oxygen atoms in total. The number of H-pyrrole nitrogens is 1. The summed E-state index contributed by atoms with van der Waals surface area (Å²) in [6, 6.07) is 16.3. The fraction of sp³-hybridized carbons (Fsp3) is 0.227. The van der Waals surface area contributed by atoms with Crippen LogP contribution in [-0.4, -0.2) is 23.2 Å².